The molecule has 1 aromatic rings. The Morgan fingerprint density at radius 2 is 1.92 bits per heavy atom. The Bertz CT molecular complexity index is 756. The van der Waals surface area contributed by atoms with Crippen molar-refractivity contribution in [3.63, 3.8) is 0 Å². The van der Waals surface area contributed by atoms with Crippen molar-refractivity contribution in [3.05, 3.63) is 29.6 Å². The van der Waals surface area contributed by atoms with Crippen molar-refractivity contribution in [2.24, 2.45) is 0 Å². The van der Waals surface area contributed by atoms with Gasteiger partial charge in [0.2, 0.25) is 10.0 Å². The molecule has 0 aliphatic carbocycles. The van der Waals surface area contributed by atoms with E-state index in [9.17, 15) is 12.8 Å². The lowest BCUT2D eigenvalue weighted by molar-refractivity contribution is -0.0774. The molecule has 3 heterocycles. The van der Waals surface area contributed by atoms with Crippen LogP contribution in [0.4, 0.5) is 4.39 Å². The van der Waals surface area contributed by atoms with Gasteiger partial charge in [0.1, 0.15) is 5.82 Å². The molecule has 1 spiro atoms. The number of piperidine rings is 1. The SMILES string of the molecule is Cc1ccc(S(=O)(=O)N2CC3(CC(N4CCCCC4)CO3)C2)cc1F. The van der Waals surface area contributed by atoms with Gasteiger partial charge in [-0.15, -0.1) is 0 Å². The van der Waals surface area contributed by atoms with Gasteiger partial charge in [0.25, 0.3) is 0 Å². The van der Waals surface area contributed by atoms with Crippen molar-refractivity contribution in [1.82, 2.24) is 9.21 Å². The van der Waals surface area contributed by atoms with E-state index in [-0.39, 0.29) is 10.5 Å². The molecule has 0 N–H and O–H groups in total. The molecular weight excluding hydrogens is 343 g/mol. The Balaban J connectivity index is 1.42. The Hall–Kier alpha value is -1.02. The van der Waals surface area contributed by atoms with Gasteiger partial charge in [0.05, 0.1) is 17.1 Å². The molecule has 1 aromatic carbocycles. The van der Waals surface area contributed by atoms with E-state index in [2.05, 4.69) is 4.90 Å². The number of ether oxygens (including phenoxy) is 1. The number of nitrogens with zero attached hydrogens (tertiary/aromatic N) is 2. The fourth-order valence-corrected chi connectivity index (χ4v) is 5.81. The topological polar surface area (TPSA) is 49.9 Å². The Labute approximate surface area is 148 Å². The average molecular weight is 368 g/mol. The molecule has 0 radical (unpaired) electrons. The summed E-state index contributed by atoms with van der Waals surface area (Å²) in [6.07, 6.45) is 4.67. The normalized spacial score (nSPS) is 27.5. The fourth-order valence-electron chi connectivity index (χ4n) is 4.21. The van der Waals surface area contributed by atoms with Gasteiger partial charge >= 0.3 is 0 Å². The number of rotatable bonds is 3. The summed E-state index contributed by atoms with van der Waals surface area (Å²) in [6, 6.07) is 4.50. The van der Waals surface area contributed by atoms with Crippen molar-refractivity contribution in [1.29, 1.82) is 0 Å². The molecule has 3 aliphatic heterocycles. The van der Waals surface area contributed by atoms with E-state index in [1.165, 1.54) is 35.7 Å². The van der Waals surface area contributed by atoms with Gasteiger partial charge < -0.3 is 4.74 Å². The molecule has 25 heavy (non-hydrogen) atoms. The van der Waals surface area contributed by atoms with E-state index in [1.54, 1.807) is 6.92 Å². The van der Waals surface area contributed by atoms with E-state index in [0.717, 1.165) is 25.6 Å². The van der Waals surface area contributed by atoms with Gasteiger partial charge in [-0.2, -0.15) is 4.31 Å². The minimum atomic E-state index is -3.65. The summed E-state index contributed by atoms with van der Waals surface area (Å²) in [4.78, 5) is 2.51. The van der Waals surface area contributed by atoms with Crippen LogP contribution in [0.1, 0.15) is 31.2 Å². The van der Waals surface area contributed by atoms with Crippen LogP contribution in [0, 0.1) is 12.7 Å². The summed E-state index contributed by atoms with van der Waals surface area (Å²) in [5.74, 6) is -0.487. The van der Waals surface area contributed by atoms with Crippen LogP contribution in [0.2, 0.25) is 0 Å². The third kappa shape index (κ3) is 3.12. The number of aryl methyl sites for hydroxylation is 1. The van der Waals surface area contributed by atoms with E-state index in [0.29, 0.717) is 31.3 Å². The number of benzene rings is 1. The molecule has 3 saturated heterocycles. The molecule has 138 valence electrons. The Kier molecular flexibility index (Phi) is 4.38. The van der Waals surface area contributed by atoms with Crippen LogP contribution in [0.25, 0.3) is 0 Å². The minimum absolute atomic E-state index is 0.0241. The summed E-state index contributed by atoms with van der Waals surface area (Å²) < 4.78 is 46.6. The predicted molar refractivity (Wildman–Crippen MR) is 92.4 cm³/mol. The number of halogens is 1. The van der Waals surface area contributed by atoms with Crippen LogP contribution in [-0.2, 0) is 14.8 Å². The van der Waals surface area contributed by atoms with Crippen LogP contribution >= 0.6 is 0 Å². The first kappa shape index (κ1) is 17.4. The third-order valence-electron chi connectivity index (χ3n) is 5.81. The van der Waals surface area contributed by atoms with Crippen LogP contribution in [0.15, 0.2) is 23.1 Å². The van der Waals surface area contributed by atoms with Crippen molar-refractivity contribution >= 4 is 10.0 Å². The van der Waals surface area contributed by atoms with Crippen molar-refractivity contribution in [2.45, 2.75) is 49.1 Å². The monoisotopic (exact) mass is 368 g/mol. The van der Waals surface area contributed by atoms with Gasteiger partial charge in [-0.1, -0.05) is 12.5 Å². The molecule has 0 aromatic heterocycles. The van der Waals surface area contributed by atoms with Crippen LogP contribution in [0.5, 0.6) is 0 Å². The molecule has 0 saturated carbocycles. The lowest BCUT2D eigenvalue weighted by Crippen LogP contribution is -2.63. The van der Waals surface area contributed by atoms with Gasteiger partial charge in [0.15, 0.2) is 0 Å². The highest BCUT2D eigenvalue weighted by molar-refractivity contribution is 7.89. The summed E-state index contributed by atoms with van der Waals surface area (Å²) >= 11 is 0. The van der Waals surface area contributed by atoms with Crippen LogP contribution in [0.3, 0.4) is 0 Å². The second kappa shape index (κ2) is 6.30. The first-order chi connectivity index (χ1) is 11.9. The lowest BCUT2D eigenvalue weighted by Gasteiger charge is -2.46. The molecule has 3 fully saturated rings. The third-order valence-corrected chi connectivity index (χ3v) is 7.59. The standard InChI is InChI=1S/C18H25FN2O3S/c1-14-5-6-16(9-17(14)19)25(22,23)21-12-18(13-21)10-15(11-24-18)20-7-3-2-4-8-20/h5-6,9,15H,2-4,7-8,10-13H2,1H3. The maximum absolute atomic E-state index is 13.7. The molecule has 0 bridgehead atoms. The summed E-state index contributed by atoms with van der Waals surface area (Å²) in [5.41, 5.74) is 0.0980. The number of hydrogen-bond donors (Lipinski definition) is 0. The van der Waals surface area contributed by atoms with Gasteiger partial charge in [-0.05, 0) is 57.0 Å². The number of hydrogen-bond acceptors (Lipinski definition) is 4. The zero-order valence-corrected chi connectivity index (χ0v) is 15.4. The Morgan fingerprint density at radius 3 is 2.60 bits per heavy atom. The molecule has 1 unspecified atom stereocenters. The zero-order valence-electron chi connectivity index (χ0n) is 14.6. The van der Waals surface area contributed by atoms with Crippen molar-refractivity contribution in [3.8, 4) is 0 Å². The molecule has 3 aliphatic rings. The number of likely N-dealkylation sites (tertiary alicyclic amines) is 1. The maximum Gasteiger partial charge on any atom is 0.243 e. The second-order valence-electron chi connectivity index (χ2n) is 7.63. The van der Waals surface area contributed by atoms with Crippen LogP contribution < -0.4 is 0 Å². The van der Waals surface area contributed by atoms with E-state index in [1.807, 2.05) is 0 Å². The first-order valence-corrected chi connectivity index (χ1v) is 10.5. The maximum atomic E-state index is 13.7. The molecular formula is C18H25FN2O3S. The first-order valence-electron chi connectivity index (χ1n) is 9.04. The smallest absolute Gasteiger partial charge is 0.243 e. The predicted octanol–water partition coefficient (Wildman–Crippen LogP) is 2.15. The highest BCUT2D eigenvalue weighted by Crippen LogP contribution is 2.40. The van der Waals surface area contributed by atoms with Crippen molar-refractivity contribution < 1.29 is 17.5 Å². The lowest BCUT2D eigenvalue weighted by atomic mass is 9.91. The average Bonchev–Trinajstić information content (AvgIpc) is 3.02. The minimum Gasteiger partial charge on any atom is -0.371 e. The van der Waals surface area contributed by atoms with Gasteiger partial charge in [-0.25, -0.2) is 12.8 Å². The van der Waals surface area contributed by atoms with Crippen molar-refractivity contribution in [2.75, 3.05) is 32.8 Å². The summed E-state index contributed by atoms with van der Waals surface area (Å²) in [7, 11) is -3.65. The highest BCUT2D eigenvalue weighted by Gasteiger charge is 2.54. The summed E-state index contributed by atoms with van der Waals surface area (Å²) in [6.45, 7) is 5.29. The summed E-state index contributed by atoms with van der Waals surface area (Å²) in [5, 5.41) is 0. The molecule has 0 amide bonds. The van der Waals surface area contributed by atoms with Crippen LogP contribution in [-0.4, -0.2) is 62.1 Å². The quantitative estimate of drug-likeness (QED) is 0.820. The molecule has 1 atom stereocenters. The fraction of sp³-hybridized carbons (Fsp3) is 0.667. The molecule has 4 rings (SSSR count). The molecule has 5 nitrogen and oxygen atoms in total. The van der Waals surface area contributed by atoms with Gasteiger partial charge in [0, 0.05) is 19.1 Å². The Morgan fingerprint density at radius 1 is 1.20 bits per heavy atom. The zero-order chi connectivity index (χ0) is 17.7. The van der Waals surface area contributed by atoms with Gasteiger partial charge in [-0.3, -0.25) is 4.90 Å². The second-order valence-corrected chi connectivity index (χ2v) is 9.57. The highest BCUT2D eigenvalue weighted by atomic mass is 32.2. The van der Waals surface area contributed by atoms with E-state index >= 15 is 0 Å². The van der Waals surface area contributed by atoms with E-state index in [4.69, 9.17) is 4.74 Å². The van der Waals surface area contributed by atoms with E-state index < -0.39 is 15.8 Å². The number of sulfonamides is 1. The largest absolute Gasteiger partial charge is 0.371 e. The molecule has 7 heteroatoms.